The Labute approximate surface area is 320 Å². The highest BCUT2D eigenvalue weighted by atomic mass is 15.0. The van der Waals surface area contributed by atoms with Crippen molar-refractivity contribution in [3.05, 3.63) is 216 Å². The molecule has 0 aliphatic heterocycles. The molecule has 8 aromatic carbocycles. The zero-order chi connectivity index (χ0) is 36.7. The maximum atomic E-state index is 5.28. The Hall–Kier alpha value is -7.10. The van der Waals surface area contributed by atoms with E-state index in [0.29, 0.717) is 0 Å². The average Bonchev–Trinajstić information content (AvgIpc) is 3.77. The molecule has 0 saturated heterocycles. The van der Waals surface area contributed by atoms with Crippen LogP contribution in [0.4, 0.5) is 0 Å². The van der Waals surface area contributed by atoms with Crippen molar-refractivity contribution < 1.29 is 0 Å². The van der Waals surface area contributed by atoms with Crippen molar-refractivity contribution in [1.29, 1.82) is 0 Å². The molecule has 1 aliphatic carbocycles. The lowest BCUT2D eigenvalue weighted by atomic mass is 9.99. The summed E-state index contributed by atoms with van der Waals surface area (Å²) in [5.41, 5.74) is 15.2. The van der Waals surface area contributed by atoms with Crippen LogP contribution in [0.5, 0.6) is 0 Å². The number of rotatable bonds is 5. The molecule has 260 valence electrons. The Morgan fingerprint density at radius 1 is 0.527 bits per heavy atom. The summed E-state index contributed by atoms with van der Waals surface area (Å²) in [7, 11) is 1.82. The first kappa shape index (κ1) is 32.5. The predicted molar refractivity (Wildman–Crippen MR) is 233 cm³/mol. The second kappa shape index (κ2) is 13.7. The lowest BCUT2D eigenvalue weighted by molar-refractivity contribution is 1.18. The maximum absolute atomic E-state index is 5.28. The van der Waals surface area contributed by atoms with Gasteiger partial charge in [0.15, 0.2) is 5.84 Å². The van der Waals surface area contributed by atoms with Gasteiger partial charge in [0, 0.05) is 41.1 Å². The van der Waals surface area contributed by atoms with Crippen LogP contribution < -0.4 is 0 Å². The summed E-state index contributed by atoms with van der Waals surface area (Å²) in [5.74, 6) is 0.728. The summed E-state index contributed by atoms with van der Waals surface area (Å²) in [6.45, 7) is 0. The molecular formula is C52H37N3. The molecule has 1 aliphatic rings. The van der Waals surface area contributed by atoms with E-state index in [-0.39, 0.29) is 0 Å². The minimum atomic E-state index is 0.728. The monoisotopic (exact) mass is 703 g/mol. The normalized spacial score (nSPS) is 14.4. The topological polar surface area (TPSA) is 29.6 Å². The van der Waals surface area contributed by atoms with Crippen LogP contribution in [0.15, 0.2) is 204 Å². The number of hydrogen-bond acceptors (Lipinski definition) is 1. The Morgan fingerprint density at radius 3 is 1.84 bits per heavy atom. The zero-order valence-corrected chi connectivity index (χ0v) is 30.5. The lowest BCUT2D eigenvalue weighted by Crippen LogP contribution is -2.06. The molecular weight excluding hydrogens is 667 g/mol. The largest absolute Gasteiger partial charge is 0.309 e. The van der Waals surface area contributed by atoms with Gasteiger partial charge in [-0.2, -0.15) is 0 Å². The van der Waals surface area contributed by atoms with Crippen LogP contribution in [0.3, 0.4) is 0 Å². The van der Waals surface area contributed by atoms with Gasteiger partial charge in [0.25, 0.3) is 0 Å². The maximum Gasteiger partial charge on any atom is 0.154 e. The van der Waals surface area contributed by atoms with E-state index >= 15 is 0 Å². The molecule has 0 N–H and O–H groups in total. The standard InChI is InChI=1S/C52H37N3/c1-53-52(38-14-6-3-7-15-38)54-51-44(31-35-20-21-42-32-40(23-22-39(42)30-35)36-12-4-2-5-13-36)34-43-33-41(26-29-46(43)51)37-24-27-45(28-25-37)55-49-18-10-8-16-47(49)48-17-9-11-19-50(48)55/h2-33H,34H2,1H3/b44-31+,53-52?,54-51?. The van der Waals surface area contributed by atoms with Crippen LogP contribution in [0.1, 0.15) is 22.3 Å². The van der Waals surface area contributed by atoms with Crippen molar-refractivity contribution in [2.24, 2.45) is 9.98 Å². The van der Waals surface area contributed by atoms with E-state index in [4.69, 9.17) is 4.99 Å². The molecule has 0 saturated carbocycles. The molecule has 0 radical (unpaired) electrons. The van der Waals surface area contributed by atoms with Gasteiger partial charge in [-0.25, -0.2) is 4.99 Å². The van der Waals surface area contributed by atoms with Gasteiger partial charge in [-0.15, -0.1) is 0 Å². The summed E-state index contributed by atoms with van der Waals surface area (Å²) in [6, 6.07) is 67.4. The second-order valence-corrected chi connectivity index (χ2v) is 14.2. The van der Waals surface area contributed by atoms with Gasteiger partial charge in [-0.05, 0) is 92.2 Å². The van der Waals surface area contributed by atoms with Crippen LogP contribution in [0.2, 0.25) is 0 Å². The third-order valence-electron chi connectivity index (χ3n) is 10.9. The third kappa shape index (κ3) is 5.97. The van der Waals surface area contributed by atoms with Gasteiger partial charge < -0.3 is 4.57 Å². The van der Waals surface area contributed by atoms with Crippen LogP contribution in [0, 0.1) is 0 Å². The first-order chi connectivity index (χ1) is 27.2. The van der Waals surface area contributed by atoms with E-state index in [0.717, 1.165) is 40.3 Å². The van der Waals surface area contributed by atoms with Crippen LogP contribution in [-0.2, 0) is 6.42 Å². The average molecular weight is 704 g/mol. The molecule has 0 atom stereocenters. The van der Waals surface area contributed by atoms with E-state index < -0.39 is 0 Å². The smallest absolute Gasteiger partial charge is 0.154 e. The number of benzene rings is 8. The van der Waals surface area contributed by atoms with Crippen molar-refractivity contribution in [3.8, 4) is 27.9 Å². The summed E-state index contributed by atoms with van der Waals surface area (Å²) in [4.78, 5) is 9.92. The molecule has 10 rings (SSSR count). The van der Waals surface area contributed by atoms with Crippen molar-refractivity contribution in [2.75, 3.05) is 7.05 Å². The zero-order valence-electron chi connectivity index (χ0n) is 30.5. The number of allylic oxidation sites excluding steroid dienone is 1. The van der Waals surface area contributed by atoms with Crippen molar-refractivity contribution in [1.82, 2.24) is 4.57 Å². The number of hydrogen-bond donors (Lipinski definition) is 0. The summed E-state index contributed by atoms with van der Waals surface area (Å²) in [6.07, 6.45) is 3.10. The molecule has 0 bridgehead atoms. The molecule has 0 amide bonds. The Kier molecular flexibility index (Phi) is 8.11. The molecule has 55 heavy (non-hydrogen) atoms. The summed E-state index contributed by atoms with van der Waals surface area (Å²) >= 11 is 0. The predicted octanol–water partition coefficient (Wildman–Crippen LogP) is 12.8. The Balaban J connectivity index is 1.02. The highest BCUT2D eigenvalue weighted by molar-refractivity contribution is 6.24. The van der Waals surface area contributed by atoms with Crippen molar-refractivity contribution >= 4 is 50.2 Å². The summed E-state index contributed by atoms with van der Waals surface area (Å²) < 4.78 is 2.37. The van der Waals surface area contributed by atoms with E-state index in [1.165, 1.54) is 66.0 Å². The molecule has 1 aromatic heterocycles. The van der Waals surface area contributed by atoms with E-state index in [2.05, 4.69) is 185 Å². The number of aliphatic imine (C=N–C) groups is 2. The van der Waals surface area contributed by atoms with E-state index in [9.17, 15) is 0 Å². The molecule has 3 heteroatoms. The molecule has 3 nitrogen and oxygen atoms in total. The highest BCUT2D eigenvalue weighted by Gasteiger charge is 2.25. The summed E-state index contributed by atoms with van der Waals surface area (Å²) in [5, 5.41) is 4.98. The first-order valence-electron chi connectivity index (χ1n) is 18.8. The molecule has 0 spiro atoms. The van der Waals surface area contributed by atoms with Gasteiger partial charge in [0.2, 0.25) is 0 Å². The van der Waals surface area contributed by atoms with E-state index in [1.807, 2.05) is 25.2 Å². The minimum Gasteiger partial charge on any atom is -0.309 e. The SMILES string of the molecule is CN=C(N=C1/C(=C/c2ccc3cc(-c4ccccc4)ccc3c2)Cc2cc(-c3ccc(-n4c5ccccc5c5ccccc54)cc3)ccc21)c1ccccc1. The third-order valence-corrected chi connectivity index (χ3v) is 10.9. The number of aromatic nitrogens is 1. The van der Waals surface area contributed by atoms with Crippen LogP contribution >= 0.6 is 0 Å². The molecule has 0 unspecified atom stereocenters. The number of para-hydroxylation sites is 2. The lowest BCUT2D eigenvalue weighted by Gasteiger charge is -2.10. The molecule has 0 fully saturated rings. The Morgan fingerprint density at radius 2 is 1.11 bits per heavy atom. The van der Waals surface area contributed by atoms with Gasteiger partial charge in [0.1, 0.15) is 0 Å². The van der Waals surface area contributed by atoms with Gasteiger partial charge in [0.05, 0.1) is 16.7 Å². The number of fused-ring (bicyclic) bond motifs is 5. The van der Waals surface area contributed by atoms with Crippen molar-refractivity contribution in [2.45, 2.75) is 6.42 Å². The fraction of sp³-hybridized carbons (Fsp3) is 0.0385. The molecule has 9 aromatic rings. The first-order valence-corrected chi connectivity index (χ1v) is 18.8. The van der Waals surface area contributed by atoms with E-state index in [1.54, 1.807) is 0 Å². The fourth-order valence-electron chi connectivity index (χ4n) is 8.17. The quantitative estimate of drug-likeness (QED) is 0.126. The van der Waals surface area contributed by atoms with Crippen LogP contribution in [-0.4, -0.2) is 23.2 Å². The highest BCUT2D eigenvalue weighted by Crippen LogP contribution is 2.36. The minimum absolute atomic E-state index is 0.728. The molecule has 1 heterocycles. The van der Waals surface area contributed by atoms with Gasteiger partial charge in [-0.3, -0.25) is 4.99 Å². The number of nitrogens with zero attached hydrogens (tertiary/aromatic N) is 3. The van der Waals surface area contributed by atoms with Gasteiger partial charge in [-0.1, -0.05) is 152 Å². The van der Waals surface area contributed by atoms with Gasteiger partial charge >= 0.3 is 0 Å². The Bertz CT molecular complexity index is 2930. The van der Waals surface area contributed by atoms with Crippen LogP contribution in [0.25, 0.3) is 66.6 Å². The fourth-order valence-corrected chi connectivity index (χ4v) is 8.17. The number of amidine groups is 1. The second-order valence-electron chi connectivity index (χ2n) is 14.2. The van der Waals surface area contributed by atoms with Crippen molar-refractivity contribution in [3.63, 3.8) is 0 Å².